The lowest BCUT2D eigenvalue weighted by atomic mass is 9.99. The fourth-order valence-electron chi connectivity index (χ4n) is 2.17. The highest BCUT2D eigenvalue weighted by Gasteiger charge is 2.44. The zero-order chi connectivity index (χ0) is 14.1. The van der Waals surface area contributed by atoms with Crippen LogP contribution in [0.1, 0.15) is 12.8 Å². The van der Waals surface area contributed by atoms with Crippen molar-refractivity contribution < 1.29 is 21.6 Å². The molecule has 1 aromatic rings. The van der Waals surface area contributed by atoms with E-state index in [1.165, 1.54) is 12.1 Å². The minimum absolute atomic E-state index is 0.00961. The fraction of sp³-hybridized carbons (Fsp3) is 0.500. The van der Waals surface area contributed by atoms with Crippen LogP contribution in [0.3, 0.4) is 0 Å². The lowest BCUT2D eigenvalue weighted by Gasteiger charge is -2.32. The highest BCUT2D eigenvalue weighted by Crippen LogP contribution is 2.34. The van der Waals surface area contributed by atoms with Crippen LogP contribution in [-0.4, -0.2) is 32.0 Å². The average Bonchev–Trinajstić information content (AvgIpc) is 2.39. The third-order valence-electron chi connectivity index (χ3n) is 3.23. The first-order valence-electron chi connectivity index (χ1n) is 5.94. The third-order valence-corrected chi connectivity index (χ3v) is 5.11. The smallest absolute Gasteiger partial charge is 0.207 e. The van der Waals surface area contributed by atoms with Crippen molar-refractivity contribution in [2.75, 3.05) is 13.1 Å². The average molecular weight is 293 g/mol. The van der Waals surface area contributed by atoms with Crippen molar-refractivity contribution in [1.82, 2.24) is 4.31 Å². The number of piperidine rings is 1. The Bertz CT molecular complexity index is 528. The van der Waals surface area contributed by atoms with Crippen molar-refractivity contribution in [3.63, 3.8) is 0 Å². The number of benzene rings is 1. The predicted octanol–water partition coefficient (Wildman–Crippen LogP) is 2.65. The Morgan fingerprint density at radius 3 is 2.37 bits per heavy atom. The molecule has 106 valence electrons. The Hall–Kier alpha value is -1.08. The lowest BCUT2D eigenvalue weighted by molar-refractivity contribution is -0.182. The maximum Gasteiger partial charge on any atom is 0.393 e. The first-order valence-corrected chi connectivity index (χ1v) is 7.38. The zero-order valence-electron chi connectivity index (χ0n) is 10.1. The van der Waals surface area contributed by atoms with Gasteiger partial charge < -0.3 is 0 Å². The Kier molecular flexibility index (Phi) is 3.87. The Morgan fingerprint density at radius 2 is 1.79 bits per heavy atom. The van der Waals surface area contributed by atoms with Crippen molar-refractivity contribution in [2.24, 2.45) is 5.92 Å². The molecule has 2 rings (SSSR count). The molecule has 0 aliphatic carbocycles. The number of hydrogen-bond donors (Lipinski definition) is 0. The summed E-state index contributed by atoms with van der Waals surface area (Å²) in [7, 11) is -3.82. The molecule has 0 aromatic heterocycles. The van der Waals surface area contributed by atoms with Gasteiger partial charge in [-0.2, -0.15) is 17.5 Å². The maximum absolute atomic E-state index is 12.7. The highest BCUT2D eigenvalue weighted by molar-refractivity contribution is 7.89. The number of halogens is 3. The van der Waals surface area contributed by atoms with Gasteiger partial charge in [-0.15, -0.1) is 0 Å². The summed E-state index contributed by atoms with van der Waals surface area (Å²) >= 11 is 0. The molecule has 3 nitrogen and oxygen atoms in total. The molecule has 1 fully saturated rings. The maximum atomic E-state index is 12.7. The standard InChI is InChI=1S/C12H14F3NO2S/c13-12(14,15)10-5-4-8-16(9-10)19(17,18)11-6-2-1-3-7-11/h1-3,6-7,10H,4-5,8-9H2/t10-/m1/s1. The van der Waals surface area contributed by atoms with Gasteiger partial charge in [-0.25, -0.2) is 8.42 Å². The van der Waals surface area contributed by atoms with Gasteiger partial charge in [0.15, 0.2) is 0 Å². The van der Waals surface area contributed by atoms with Crippen LogP contribution in [0.2, 0.25) is 0 Å². The van der Waals surface area contributed by atoms with Crippen molar-refractivity contribution in [2.45, 2.75) is 23.9 Å². The molecule has 0 N–H and O–H groups in total. The SMILES string of the molecule is O=S(=O)(c1ccccc1)N1CCC[C@@H](C(F)(F)F)C1. The number of rotatable bonds is 2. The van der Waals surface area contributed by atoms with Crippen molar-refractivity contribution >= 4 is 10.0 Å². The molecule has 0 bridgehead atoms. The van der Waals surface area contributed by atoms with Crippen molar-refractivity contribution in [3.8, 4) is 0 Å². The zero-order valence-corrected chi connectivity index (χ0v) is 10.9. The molecule has 7 heteroatoms. The summed E-state index contributed by atoms with van der Waals surface area (Å²) in [5, 5.41) is 0. The molecule has 1 aliphatic rings. The first-order chi connectivity index (χ1) is 8.82. The van der Waals surface area contributed by atoms with E-state index in [-0.39, 0.29) is 24.3 Å². The van der Waals surface area contributed by atoms with E-state index in [0.29, 0.717) is 0 Å². The number of nitrogens with zero attached hydrogens (tertiary/aromatic N) is 1. The third kappa shape index (κ3) is 3.09. The molecule has 19 heavy (non-hydrogen) atoms. The van der Waals surface area contributed by atoms with E-state index in [1.807, 2.05) is 0 Å². The van der Waals surface area contributed by atoms with Crippen LogP contribution < -0.4 is 0 Å². The normalized spacial score (nSPS) is 22.4. The Balaban J connectivity index is 2.22. The summed E-state index contributed by atoms with van der Waals surface area (Å²) in [5.41, 5.74) is 0. The molecule has 0 unspecified atom stereocenters. The minimum atomic E-state index is -4.34. The van der Waals surface area contributed by atoms with Gasteiger partial charge in [0, 0.05) is 13.1 Å². The van der Waals surface area contributed by atoms with Crippen molar-refractivity contribution in [1.29, 1.82) is 0 Å². The second-order valence-electron chi connectivity index (χ2n) is 4.56. The molecule has 1 heterocycles. The van der Waals surface area contributed by atoms with Crippen molar-refractivity contribution in [3.05, 3.63) is 30.3 Å². The van der Waals surface area contributed by atoms with E-state index < -0.39 is 28.7 Å². The summed E-state index contributed by atoms with van der Waals surface area (Å²) in [6.07, 6.45) is -4.12. The predicted molar refractivity (Wildman–Crippen MR) is 64.0 cm³/mol. The number of sulfonamides is 1. The van der Waals surface area contributed by atoms with Crippen LogP contribution in [-0.2, 0) is 10.0 Å². The summed E-state index contributed by atoms with van der Waals surface area (Å²) in [6.45, 7) is -0.343. The molecule has 1 atom stereocenters. The van der Waals surface area contributed by atoms with Gasteiger partial charge in [-0.05, 0) is 25.0 Å². The second kappa shape index (κ2) is 5.13. The molecule has 0 spiro atoms. The quantitative estimate of drug-likeness (QED) is 0.840. The molecule has 1 saturated heterocycles. The van der Waals surface area contributed by atoms with Crippen LogP contribution in [0, 0.1) is 5.92 Å². The van der Waals surface area contributed by atoms with E-state index in [1.54, 1.807) is 18.2 Å². The molecular weight excluding hydrogens is 279 g/mol. The van der Waals surface area contributed by atoms with E-state index in [0.717, 1.165) is 4.31 Å². The molecule has 1 aliphatic heterocycles. The van der Waals surface area contributed by atoms with Crippen LogP contribution in [0.4, 0.5) is 13.2 Å². The Labute approximate surface area is 110 Å². The largest absolute Gasteiger partial charge is 0.393 e. The molecular formula is C12H14F3NO2S. The van der Waals surface area contributed by atoms with Crippen LogP contribution in [0.25, 0.3) is 0 Å². The van der Waals surface area contributed by atoms with Gasteiger partial charge in [-0.3, -0.25) is 0 Å². The lowest BCUT2D eigenvalue weighted by Crippen LogP contribution is -2.44. The summed E-state index contributed by atoms with van der Waals surface area (Å²) < 4.78 is 63.4. The van der Waals surface area contributed by atoms with E-state index in [9.17, 15) is 21.6 Å². The van der Waals surface area contributed by atoms with Gasteiger partial charge in [0.05, 0.1) is 10.8 Å². The minimum Gasteiger partial charge on any atom is -0.207 e. The van der Waals surface area contributed by atoms with Gasteiger partial charge in [0.2, 0.25) is 10.0 Å². The summed E-state index contributed by atoms with van der Waals surface area (Å²) in [4.78, 5) is 0.0397. The van der Waals surface area contributed by atoms with Crippen LogP contribution in [0.5, 0.6) is 0 Å². The van der Waals surface area contributed by atoms with E-state index in [2.05, 4.69) is 0 Å². The van der Waals surface area contributed by atoms with Gasteiger partial charge in [0.1, 0.15) is 0 Å². The second-order valence-corrected chi connectivity index (χ2v) is 6.49. The number of alkyl halides is 3. The monoisotopic (exact) mass is 293 g/mol. The fourth-order valence-corrected chi connectivity index (χ4v) is 3.71. The molecule has 1 aromatic carbocycles. The summed E-state index contributed by atoms with van der Waals surface area (Å²) in [5.74, 6) is -1.57. The summed E-state index contributed by atoms with van der Waals surface area (Å²) in [6, 6.07) is 7.56. The van der Waals surface area contributed by atoms with Gasteiger partial charge in [-0.1, -0.05) is 18.2 Å². The number of hydrogen-bond acceptors (Lipinski definition) is 2. The van der Waals surface area contributed by atoms with E-state index >= 15 is 0 Å². The molecule has 0 amide bonds. The van der Waals surface area contributed by atoms with Crippen LogP contribution >= 0.6 is 0 Å². The molecule has 0 radical (unpaired) electrons. The Morgan fingerprint density at radius 1 is 1.16 bits per heavy atom. The first kappa shape index (κ1) is 14.3. The van der Waals surface area contributed by atoms with Gasteiger partial charge >= 0.3 is 6.18 Å². The van der Waals surface area contributed by atoms with E-state index in [4.69, 9.17) is 0 Å². The molecule has 0 saturated carbocycles. The highest BCUT2D eigenvalue weighted by atomic mass is 32.2. The van der Waals surface area contributed by atoms with Crippen LogP contribution in [0.15, 0.2) is 35.2 Å². The topological polar surface area (TPSA) is 37.4 Å². The van der Waals surface area contributed by atoms with Gasteiger partial charge in [0.25, 0.3) is 0 Å².